The summed E-state index contributed by atoms with van der Waals surface area (Å²) in [6.07, 6.45) is 6.06. The van der Waals surface area contributed by atoms with Crippen LogP contribution in [0.2, 0.25) is 0 Å². The lowest BCUT2D eigenvalue weighted by molar-refractivity contribution is 0.0609. The second-order valence-corrected chi connectivity index (χ2v) is 10.6. The first-order valence-corrected chi connectivity index (χ1v) is 11.9. The number of hydrogen-bond acceptors (Lipinski definition) is 5. The third kappa shape index (κ3) is 4.05. The Morgan fingerprint density at radius 2 is 1.78 bits per heavy atom. The van der Waals surface area contributed by atoms with Crippen molar-refractivity contribution in [1.29, 1.82) is 0 Å². The maximum absolute atomic E-state index is 13.1. The van der Waals surface area contributed by atoms with Gasteiger partial charge in [-0.05, 0) is 55.5 Å². The molecule has 0 radical (unpaired) electrons. The van der Waals surface area contributed by atoms with Crippen LogP contribution in [0, 0.1) is 5.41 Å². The van der Waals surface area contributed by atoms with Gasteiger partial charge in [0.2, 0.25) is 10.0 Å². The van der Waals surface area contributed by atoms with E-state index in [1.807, 2.05) is 4.90 Å². The normalized spacial score (nSPS) is 23.3. The molecule has 0 aromatic carbocycles. The number of likely N-dealkylation sites (tertiary alicyclic amines) is 1. The van der Waals surface area contributed by atoms with Crippen molar-refractivity contribution in [3.63, 3.8) is 0 Å². The predicted octanol–water partition coefficient (Wildman–Crippen LogP) is 2.56. The highest BCUT2D eigenvalue weighted by Crippen LogP contribution is 2.38. The van der Waals surface area contributed by atoms with Crippen LogP contribution in [0.3, 0.4) is 0 Å². The summed E-state index contributed by atoms with van der Waals surface area (Å²) in [6.45, 7) is 4.68. The van der Waals surface area contributed by atoms with Gasteiger partial charge in [0.25, 0.3) is 5.91 Å². The van der Waals surface area contributed by atoms with E-state index in [1.165, 1.54) is 17.8 Å². The fourth-order valence-corrected chi connectivity index (χ4v) is 7.33. The molecular formula is C18H28ClN3O3S2. The zero-order valence-corrected chi connectivity index (χ0v) is 17.9. The first-order valence-electron chi connectivity index (χ1n) is 9.60. The number of rotatable bonds is 3. The molecule has 152 valence electrons. The number of nitrogens with one attached hydrogen (secondary N) is 1. The van der Waals surface area contributed by atoms with Crippen LogP contribution in [0.5, 0.6) is 0 Å². The van der Waals surface area contributed by atoms with Gasteiger partial charge in [-0.15, -0.1) is 23.7 Å². The third-order valence-corrected chi connectivity index (χ3v) is 9.17. The fourth-order valence-electron chi connectivity index (χ4n) is 4.45. The van der Waals surface area contributed by atoms with Crippen molar-refractivity contribution in [3.8, 4) is 0 Å². The fraction of sp³-hybridized carbons (Fsp3) is 0.722. The number of nitrogens with zero attached hydrogens (tertiary/aromatic N) is 2. The van der Waals surface area contributed by atoms with Gasteiger partial charge in [0.15, 0.2) is 0 Å². The highest BCUT2D eigenvalue weighted by atomic mass is 35.5. The van der Waals surface area contributed by atoms with Crippen molar-refractivity contribution in [2.24, 2.45) is 5.41 Å². The van der Waals surface area contributed by atoms with Crippen molar-refractivity contribution < 1.29 is 13.2 Å². The Hall–Kier alpha value is -0.670. The Bertz CT molecular complexity index is 759. The number of hydrogen-bond donors (Lipinski definition) is 1. The molecule has 27 heavy (non-hydrogen) atoms. The van der Waals surface area contributed by atoms with Crippen molar-refractivity contribution in [2.45, 2.75) is 43.4 Å². The van der Waals surface area contributed by atoms with E-state index in [2.05, 4.69) is 5.32 Å². The number of halogens is 1. The van der Waals surface area contributed by atoms with Crippen molar-refractivity contribution in [2.75, 3.05) is 39.3 Å². The van der Waals surface area contributed by atoms with E-state index in [0.29, 0.717) is 23.4 Å². The summed E-state index contributed by atoms with van der Waals surface area (Å²) in [5, 5.41) is 5.17. The number of thiophene rings is 1. The molecule has 9 heteroatoms. The van der Waals surface area contributed by atoms with Gasteiger partial charge >= 0.3 is 0 Å². The van der Waals surface area contributed by atoms with Crippen molar-refractivity contribution in [3.05, 3.63) is 16.3 Å². The predicted molar refractivity (Wildman–Crippen MR) is 109 cm³/mol. The quantitative estimate of drug-likeness (QED) is 0.795. The minimum atomic E-state index is -3.57. The Morgan fingerprint density at radius 3 is 2.41 bits per heavy atom. The van der Waals surface area contributed by atoms with Gasteiger partial charge in [-0.1, -0.05) is 6.42 Å². The molecule has 3 aliphatic heterocycles. The van der Waals surface area contributed by atoms with Crippen molar-refractivity contribution >= 4 is 39.7 Å². The molecule has 1 spiro atoms. The molecule has 0 aliphatic carbocycles. The number of piperidine rings is 2. The Kier molecular flexibility index (Phi) is 6.52. The average Bonchev–Trinajstić information content (AvgIpc) is 3.33. The summed E-state index contributed by atoms with van der Waals surface area (Å²) in [5.74, 6) is -0.114. The molecule has 1 N–H and O–H groups in total. The zero-order chi connectivity index (χ0) is 18.2. The maximum Gasteiger partial charge on any atom is 0.265 e. The van der Waals surface area contributed by atoms with Gasteiger partial charge in [0, 0.05) is 32.7 Å². The topological polar surface area (TPSA) is 69.7 Å². The summed E-state index contributed by atoms with van der Waals surface area (Å²) in [5.41, 5.74) is 0.342. The molecule has 1 amide bonds. The minimum Gasteiger partial charge on any atom is -0.338 e. The molecule has 3 aliphatic rings. The van der Waals surface area contributed by atoms with Crippen LogP contribution in [0.1, 0.15) is 48.2 Å². The average molecular weight is 434 g/mol. The first-order chi connectivity index (χ1) is 12.5. The molecule has 0 saturated carbocycles. The van der Waals surface area contributed by atoms with Crippen LogP contribution < -0.4 is 5.32 Å². The lowest BCUT2D eigenvalue weighted by Crippen LogP contribution is -2.44. The highest BCUT2D eigenvalue weighted by molar-refractivity contribution is 7.89. The van der Waals surface area contributed by atoms with E-state index in [9.17, 15) is 13.2 Å². The summed E-state index contributed by atoms with van der Waals surface area (Å²) < 4.78 is 27.6. The van der Waals surface area contributed by atoms with Crippen LogP contribution in [0.4, 0.5) is 0 Å². The van der Waals surface area contributed by atoms with Gasteiger partial charge in [-0.2, -0.15) is 4.31 Å². The van der Waals surface area contributed by atoms with Crippen LogP contribution in [-0.4, -0.2) is 62.8 Å². The SMILES string of the molecule is Cl.O=C(c1sccc1S(=O)(=O)N1CCCCC1)N1CCC2(CCNC2)CC1. The number of carbonyl (C=O) groups excluding carboxylic acids is 1. The van der Waals surface area contributed by atoms with E-state index in [4.69, 9.17) is 0 Å². The maximum atomic E-state index is 13.1. The standard InChI is InChI=1S/C18H27N3O3S2.ClH/c22-17(20-11-6-18(7-12-20)5-8-19-14-18)16-15(4-13-25-16)26(23,24)21-9-2-1-3-10-21;/h4,13,19H,1-3,5-12,14H2;1H. The Morgan fingerprint density at radius 1 is 1.07 bits per heavy atom. The molecule has 3 fully saturated rings. The summed E-state index contributed by atoms with van der Waals surface area (Å²) >= 11 is 1.26. The smallest absolute Gasteiger partial charge is 0.265 e. The molecule has 6 nitrogen and oxygen atoms in total. The Labute approximate surface area is 171 Å². The Balaban J connectivity index is 0.00000210. The minimum absolute atomic E-state index is 0. The van der Waals surface area contributed by atoms with E-state index in [0.717, 1.165) is 58.3 Å². The molecule has 0 atom stereocenters. The van der Waals surface area contributed by atoms with Crippen LogP contribution in [0.25, 0.3) is 0 Å². The third-order valence-electron chi connectivity index (χ3n) is 6.20. The van der Waals surface area contributed by atoms with E-state index in [-0.39, 0.29) is 23.2 Å². The second-order valence-electron chi connectivity index (χ2n) is 7.80. The molecular weight excluding hydrogens is 406 g/mol. The first kappa shape index (κ1) is 21.0. The van der Waals surface area contributed by atoms with Gasteiger partial charge in [0.1, 0.15) is 9.77 Å². The highest BCUT2D eigenvalue weighted by Gasteiger charge is 2.39. The monoisotopic (exact) mass is 433 g/mol. The number of amides is 1. The zero-order valence-electron chi connectivity index (χ0n) is 15.5. The molecule has 4 rings (SSSR count). The molecule has 3 saturated heterocycles. The summed E-state index contributed by atoms with van der Waals surface area (Å²) in [4.78, 5) is 15.5. The lowest BCUT2D eigenvalue weighted by atomic mass is 9.78. The van der Waals surface area contributed by atoms with Gasteiger partial charge in [-0.3, -0.25) is 4.79 Å². The van der Waals surface area contributed by atoms with Crippen LogP contribution in [0.15, 0.2) is 16.3 Å². The molecule has 4 heterocycles. The summed E-state index contributed by atoms with van der Waals surface area (Å²) in [7, 11) is -3.57. The van der Waals surface area contributed by atoms with Gasteiger partial charge < -0.3 is 10.2 Å². The van der Waals surface area contributed by atoms with E-state index >= 15 is 0 Å². The summed E-state index contributed by atoms with van der Waals surface area (Å²) in [6, 6.07) is 1.61. The largest absolute Gasteiger partial charge is 0.338 e. The lowest BCUT2D eigenvalue weighted by Gasteiger charge is -2.38. The molecule has 0 unspecified atom stereocenters. The van der Waals surface area contributed by atoms with Gasteiger partial charge in [-0.25, -0.2) is 8.42 Å². The molecule has 1 aromatic rings. The second kappa shape index (κ2) is 8.37. The van der Waals surface area contributed by atoms with E-state index < -0.39 is 10.0 Å². The van der Waals surface area contributed by atoms with Crippen LogP contribution in [-0.2, 0) is 10.0 Å². The molecule has 0 bridgehead atoms. The number of sulfonamides is 1. The number of carbonyl (C=O) groups is 1. The molecule has 1 aromatic heterocycles. The van der Waals surface area contributed by atoms with E-state index in [1.54, 1.807) is 15.8 Å². The van der Waals surface area contributed by atoms with Gasteiger partial charge in [0.05, 0.1) is 0 Å². The van der Waals surface area contributed by atoms with Crippen molar-refractivity contribution in [1.82, 2.24) is 14.5 Å². The van der Waals surface area contributed by atoms with Crippen LogP contribution >= 0.6 is 23.7 Å².